The van der Waals surface area contributed by atoms with E-state index in [1.165, 1.54) is 27.4 Å². The third kappa shape index (κ3) is 7.13. The topological polar surface area (TPSA) is 195 Å². The molecule has 4 aromatic heterocycles. The Balaban J connectivity index is 1.35. The van der Waals surface area contributed by atoms with Gasteiger partial charge in [0.2, 0.25) is 5.13 Å². The van der Waals surface area contributed by atoms with Crippen molar-refractivity contribution in [3.05, 3.63) is 129 Å². The van der Waals surface area contributed by atoms with Gasteiger partial charge in [0.15, 0.2) is 16.8 Å². The molecular weight excluding hydrogens is 785 g/mol. The Morgan fingerprint density at radius 3 is 1.90 bits per heavy atom. The number of para-hydroxylation sites is 2. The fourth-order valence-electron chi connectivity index (χ4n) is 6.99. The lowest BCUT2D eigenvalue weighted by atomic mass is 10.0. The molecule has 14 nitrogen and oxygen atoms in total. The van der Waals surface area contributed by atoms with Crippen LogP contribution >= 0.6 is 22.7 Å². The molecule has 0 bridgehead atoms. The van der Waals surface area contributed by atoms with E-state index < -0.39 is 11.9 Å². The van der Waals surface area contributed by atoms with Crippen molar-refractivity contribution in [3.63, 3.8) is 0 Å². The number of nitriles is 1. The summed E-state index contributed by atoms with van der Waals surface area (Å²) in [5.74, 6) is -1.17. The number of thiazole rings is 2. The van der Waals surface area contributed by atoms with Gasteiger partial charge >= 0.3 is 11.9 Å². The van der Waals surface area contributed by atoms with E-state index in [1.807, 2.05) is 94.1 Å². The Hall–Kier alpha value is -7.35. The predicted molar refractivity (Wildman–Crippen MR) is 230 cm³/mol. The van der Waals surface area contributed by atoms with E-state index in [-0.39, 0.29) is 28.3 Å². The normalized spacial score (nSPS) is 11.4. The van der Waals surface area contributed by atoms with Gasteiger partial charge in [0.05, 0.1) is 42.9 Å². The number of aryl methyl sites for hydroxylation is 6. The van der Waals surface area contributed by atoms with Gasteiger partial charge in [0.1, 0.15) is 23.1 Å². The Labute approximate surface area is 345 Å². The zero-order valence-corrected chi connectivity index (χ0v) is 34.2. The SMILES string of the molecule is Cc1cc(N(c2nc3ccccc3s2)c2c(C)cc(C(=O)O)cc2C)nc(Nc2c(C)cc(C(=O)O)cc2C)c1N=Nc1c(C#N)c(C)nn1-c1nc2ccccc2s1. The molecule has 292 valence electrons. The van der Waals surface area contributed by atoms with Gasteiger partial charge < -0.3 is 15.5 Å². The average molecular weight is 819 g/mol. The number of aromatic nitrogens is 5. The Bertz CT molecular complexity index is 2990. The van der Waals surface area contributed by atoms with Gasteiger partial charge in [-0.3, -0.25) is 4.90 Å². The number of nitrogens with one attached hydrogen (secondary N) is 1. The van der Waals surface area contributed by atoms with E-state index in [0.29, 0.717) is 66.7 Å². The smallest absolute Gasteiger partial charge is 0.335 e. The number of pyridine rings is 1. The minimum atomic E-state index is -1.05. The number of hydrogen-bond acceptors (Lipinski definition) is 13. The number of fused-ring (bicyclic) bond motifs is 2. The summed E-state index contributed by atoms with van der Waals surface area (Å²) in [4.78, 5) is 40.9. The lowest BCUT2D eigenvalue weighted by Gasteiger charge is -2.27. The molecule has 0 saturated carbocycles. The molecule has 0 aliphatic rings. The van der Waals surface area contributed by atoms with Crippen LogP contribution in [-0.2, 0) is 0 Å². The maximum atomic E-state index is 12.1. The predicted octanol–water partition coefficient (Wildman–Crippen LogP) is 11.2. The lowest BCUT2D eigenvalue weighted by Crippen LogP contribution is -2.16. The van der Waals surface area contributed by atoms with Crippen molar-refractivity contribution in [2.75, 3.05) is 10.2 Å². The number of azo groups is 1. The monoisotopic (exact) mass is 818 g/mol. The van der Waals surface area contributed by atoms with Crippen LogP contribution in [-0.4, -0.2) is 46.9 Å². The van der Waals surface area contributed by atoms with Crippen LogP contribution < -0.4 is 10.2 Å². The summed E-state index contributed by atoms with van der Waals surface area (Å²) >= 11 is 2.87. The molecule has 4 aromatic carbocycles. The van der Waals surface area contributed by atoms with Gasteiger partial charge in [-0.1, -0.05) is 46.9 Å². The minimum absolute atomic E-state index is 0.142. The molecule has 0 fully saturated rings. The number of rotatable bonds is 10. The molecule has 0 atom stereocenters. The van der Waals surface area contributed by atoms with Crippen molar-refractivity contribution in [1.82, 2.24) is 24.7 Å². The molecule has 16 heteroatoms. The van der Waals surface area contributed by atoms with Crippen LogP contribution in [0.2, 0.25) is 0 Å². The minimum Gasteiger partial charge on any atom is -0.478 e. The zero-order chi connectivity index (χ0) is 41.7. The Morgan fingerprint density at radius 1 is 0.746 bits per heavy atom. The van der Waals surface area contributed by atoms with Crippen LogP contribution in [0.5, 0.6) is 0 Å². The average Bonchev–Trinajstić information content (AvgIpc) is 3.91. The summed E-state index contributed by atoms with van der Waals surface area (Å²) < 4.78 is 3.41. The number of benzene rings is 4. The highest BCUT2D eigenvalue weighted by Crippen LogP contribution is 2.45. The van der Waals surface area contributed by atoms with Crippen LogP contribution in [0, 0.1) is 52.9 Å². The standard InChI is InChI=1S/C43H34N10O4S2/c1-21-15-27(40(54)55)16-22(2)35(21)48-38-36(49-50-39-29(20-44)26(6)51-53(39)43-46-31-12-8-10-14-33(31)59-43)23(3)19-34(47-38)52(42-45-30-11-7-9-13-32(30)58-42)37-24(4)17-28(41(56)57)18-25(37)5/h7-19H,1-6H3,(H,47,48)(H,54,55)(H,56,57). The molecule has 8 aromatic rings. The van der Waals surface area contributed by atoms with Gasteiger partial charge in [-0.25, -0.2) is 24.5 Å². The number of aromatic carboxylic acids is 2. The number of hydrogen-bond donors (Lipinski definition) is 3. The molecule has 4 heterocycles. The number of carbonyl (C=O) groups is 2. The molecule has 0 aliphatic carbocycles. The zero-order valence-electron chi connectivity index (χ0n) is 32.6. The largest absolute Gasteiger partial charge is 0.478 e. The molecule has 0 amide bonds. The fourth-order valence-corrected chi connectivity index (χ4v) is 8.90. The van der Waals surface area contributed by atoms with Crippen LogP contribution in [0.4, 0.5) is 39.6 Å². The van der Waals surface area contributed by atoms with E-state index in [0.717, 1.165) is 20.4 Å². The van der Waals surface area contributed by atoms with E-state index in [2.05, 4.69) is 21.6 Å². The second kappa shape index (κ2) is 15.2. The van der Waals surface area contributed by atoms with Crippen molar-refractivity contribution in [2.24, 2.45) is 10.2 Å². The first-order valence-electron chi connectivity index (χ1n) is 18.2. The van der Waals surface area contributed by atoms with Crippen molar-refractivity contribution >= 4 is 94.7 Å². The number of carboxylic acid groups (broad SMARTS) is 2. The van der Waals surface area contributed by atoms with Gasteiger partial charge in [-0.15, -0.1) is 10.2 Å². The number of anilines is 5. The highest BCUT2D eigenvalue weighted by Gasteiger charge is 2.26. The van der Waals surface area contributed by atoms with Crippen LogP contribution in [0.1, 0.15) is 59.8 Å². The first kappa shape index (κ1) is 38.5. The molecule has 0 aliphatic heterocycles. The maximum absolute atomic E-state index is 12.1. The third-order valence-corrected chi connectivity index (χ3v) is 11.7. The second-order valence-corrected chi connectivity index (χ2v) is 16.0. The van der Waals surface area contributed by atoms with Crippen LogP contribution in [0.25, 0.3) is 25.6 Å². The van der Waals surface area contributed by atoms with Crippen molar-refractivity contribution in [3.8, 4) is 11.2 Å². The summed E-state index contributed by atoms with van der Waals surface area (Å²) in [6.07, 6.45) is 0. The van der Waals surface area contributed by atoms with Crippen molar-refractivity contribution < 1.29 is 19.8 Å². The molecule has 0 unspecified atom stereocenters. The summed E-state index contributed by atoms with van der Waals surface area (Å²) in [5.41, 5.74) is 7.56. The van der Waals surface area contributed by atoms with E-state index in [4.69, 9.17) is 20.1 Å². The van der Waals surface area contributed by atoms with Gasteiger partial charge in [-0.2, -0.15) is 15.0 Å². The second-order valence-electron chi connectivity index (χ2n) is 13.9. The van der Waals surface area contributed by atoms with Crippen LogP contribution in [0.15, 0.2) is 89.1 Å². The van der Waals surface area contributed by atoms with E-state index in [1.54, 1.807) is 31.2 Å². The van der Waals surface area contributed by atoms with Crippen molar-refractivity contribution in [2.45, 2.75) is 41.5 Å². The highest BCUT2D eigenvalue weighted by atomic mass is 32.1. The Morgan fingerprint density at radius 2 is 1.32 bits per heavy atom. The number of nitrogens with zero attached hydrogens (tertiary/aromatic N) is 9. The molecular formula is C43H34N10O4S2. The van der Waals surface area contributed by atoms with Crippen molar-refractivity contribution in [1.29, 1.82) is 5.26 Å². The first-order valence-corrected chi connectivity index (χ1v) is 19.9. The van der Waals surface area contributed by atoms with Gasteiger partial charge in [0.25, 0.3) is 0 Å². The molecule has 59 heavy (non-hydrogen) atoms. The van der Waals surface area contributed by atoms with E-state index in [9.17, 15) is 25.1 Å². The first-order chi connectivity index (χ1) is 28.3. The Kier molecular flexibility index (Phi) is 9.92. The molecule has 3 N–H and O–H groups in total. The maximum Gasteiger partial charge on any atom is 0.335 e. The highest BCUT2D eigenvalue weighted by molar-refractivity contribution is 7.22. The summed E-state index contributed by atoms with van der Waals surface area (Å²) in [6.45, 7) is 10.9. The van der Waals surface area contributed by atoms with Gasteiger partial charge in [-0.05, 0) is 124 Å². The summed E-state index contributed by atoms with van der Waals surface area (Å²) in [7, 11) is 0. The summed E-state index contributed by atoms with van der Waals surface area (Å²) in [6, 6.07) is 26.0. The summed E-state index contributed by atoms with van der Waals surface area (Å²) in [5, 5.41) is 48.5. The molecule has 0 radical (unpaired) electrons. The quantitative estimate of drug-likeness (QED) is 0.111. The van der Waals surface area contributed by atoms with Gasteiger partial charge in [0, 0.05) is 5.69 Å². The van der Waals surface area contributed by atoms with Crippen LogP contribution in [0.3, 0.4) is 0 Å². The third-order valence-electron chi connectivity index (χ3n) is 9.71. The molecule has 0 saturated heterocycles. The lowest BCUT2D eigenvalue weighted by molar-refractivity contribution is 0.0686. The molecule has 8 rings (SSSR count). The van der Waals surface area contributed by atoms with E-state index >= 15 is 0 Å². The fraction of sp³-hybridized carbons (Fsp3) is 0.140. The number of carboxylic acids is 2. The molecule has 0 spiro atoms.